The monoisotopic (exact) mass is 439 g/mol. The molecule has 162 valence electrons. The molecule has 1 aromatic heterocycles. The second-order valence-corrected chi connectivity index (χ2v) is 8.72. The highest BCUT2D eigenvalue weighted by molar-refractivity contribution is 7.12. The van der Waals surface area contributed by atoms with Crippen LogP contribution in [0.3, 0.4) is 0 Å². The Balaban J connectivity index is 1.27. The van der Waals surface area contributed by atoms with Crippen LogP contribution >= 0.6 is 11.3 Å². The molecule has 0 radical (unpaired) electrons. The Kier molecular flexibility index (Phi) is 6.67. The van der Waals surface area contributed by atoms with Crippen molar-refractivity contribution in [3.63, 3.8) is 0 Å². The summed E-state index contributed by atoms with van der Waals surface area (Å²) in [5, 5.41) is 32.2. The standard InChI is InChI=1S/C24H25NO5S/c26-13-15-9-10-22(31-15)23(28)21(27)11-12-25-24(29)30-14-20-18-7-3-1-5-16(18)17-6-2-4-8-19(17)20/h1-10,20-21,23,26-28H,11-14H2,(H,25,29). The molecule has 0 fully saturated rings. The van der Waals surface area contributed by atoms with Crippen LogP contribution in [0.5, 0.6) is 0 Å². The molecule has 31 heavy (non-hydrogen) atoms. The number of carbonyl (C=O) groups excluding carboxylic acids is 1. The van der Waals surface area contributed by atoms with Gasteiger partial charge in [-0.15, -0.1) is 11.3 Å². The van der Waals surface area contributed by atoms with Crippen LogP contribution in [-0.2, 0) is 11.3 Å². The van der Waals surface area contributed by atoms with Crippen LogP contribution < -0.4 is 5.32 Å². The van der Waals surface area contributed by atoms with Crippen molar-refractivity contribution < 1.29 is 24.9 Å². The van der Waals surface area contributed by atoms with Crippen LogP contribution in [-0.4, -0.2) is 40.7 Å². The van der Waals surface area contributed by atoms with E-state index in [0.29, 0.717) is 4.88 Å². The quantitative estimate of drug-likeness (QED) is 0.430. The molecule has 0 aliphatic heterocycles. The molecule has 1 amide bonds. The Labute approximate surface area is 184 Å². The van der Waals surface area contributed by atoms with E-state index in [9.17, 15) is 15.0 Å². The van der Waals surface area contributed by atoms with Gasteiger partial charge in [-0.2, -0.15) is 0 Å². The van der Waals surface area contributed by atoms with E-state index in [0.717, 1.165) is 16.0 Å². The minimum atomic E-state index is -1.06. The second kappa shape index (κ2) is 9.62. The number of thiophene rings is 1. The molecule has 2 atom stereocenters. The third kappa shape index (κ3) is 4.65. The molecule has 7 heteroatoms. The van der Waals surface area contributed by atoms with Crippen LogP contribution in [0.4, 0.5) is 4.79 Å². The first-order valence-electron chi connectivity index (χ1n) is 10.2. The molecule has 1 aliphatic rings. The van der Waals surface area contributed by atoms with Gasteiger partial charge in [0, 0.05) is 22.2 Å². The molecule has 1 heterocycles. The van der Waals surface area contributed by atoms with Crippen LogP contribution in [0.25, 0.3) is 11.1 Å². The highest BCUT2D eigenvalue weighted by atomic mass is 32.1. The van der Waals surface area contributed by atoms with Gasteiger partial charge in [0.2, 0.25) is 0 Å². The summed E-state index contributed by atoms with van der Waals surface area (Å²) in [5.41, 5.74) is 4.63. The lowest BCUT2D eigenvalue weighted by Crippen LogP contribution is -2.30. The average molecular weight is 440 g/mol. The Hall–Kier alpha value is -2.71. The van der Waals surface area contributed by atoms with Gasteiger partial charge in [-0.3, -0.25) is 0 Å². The fourth-order valence-electron chi connectivity index (χ4n) is 3.96. The smallest absolute Gasteiger partial charge is 0.407 e. The topological polar surface area (TPSA) is 99.0 Å². The van der Waals surface area contributed by atoms with E-state index < -0.39 is 18.3 Å². The van der Waals surface area contributed by atoms with E-state index in [1.165, 1.54) is 22.5 Å². The van der Waals surface area contributed by atoms with Crippen LogP contribution in [0.15, 0.2) is 60.7 Å². The van der Waals surface area contributed by atoms with Gasteiger partial charge in [0.15, 0.2) is 0 Å². The molecule has 1 aliphatic carbocycles. The average Bonchev–Trinajstić information content (AvgIpc) is 3.40. The van der Waals surface area contributed by atoms with Crippen molar-refractivity contribution in [2.24, 2.45) is 0 Å². The maximum Gasteiger partial charge on any atom is 0.407 e. The predicted molar refractivity (Wildman–Crippen MR) is 119 cm³/mol. The number of aliphatic hydroxyl groups is 3. The number of rotatable bonds is 8. The van der Waals surface area contributed by atoms with Crippen molar-refractivity contribution in [1.29, 1.82) is 0 Å². The van der Waals surface area contributed by atoms with E-state index >= 15 is 0 Å². The number of fused-ring (bicyclic) bond motifs is 3. The van der Waals surface area contributed by atoms with Crippen molar-refractivity contribution in [2.45, 2.75) is 31.2 Å². The third-order valence-electron chi connectivity index (χ3n) is 5.55. The Morgan fingerprint density at radius 3 is 2.26 bits per heavy atom. The molecule has 2 unspecified atom stereocenters. The van der Waals surface area contributed by atoms with Gasteiger partial charge >= 0.3 is 6.09 Å². The second-order valence-electron chi connectivity index (χ2n) is 7.52. The maximum atomic E-state index is 12.2. The maximum absolute atomic E-state index is 12.2. The normalized spacial score (nSPS) is 14.5. The van der Waals surface area contributed by atoms with Crippen molar-refractivity contribution in [2.75, 3.05) is 13.2 Å². The number of ether oxygens (including phenoxy) is 1. The van der Waals surface area contributed by atoms with E-state index in [1.807, 2.05) is 24.3 Å². The van der Waals surface area contributed by atoms with Crippen molar-refractivity contribution in [1.82, 2.24) is 5.32 Å². The Morgan fingerprint density at radius 2 is 1.65 bits per heavy atom. The summed E-state index contributed by atoms with van der Waals surface area (Å²) in [6.45, 7) is 0.300. The lowest BCUT2D eigenvalue weighted by Gasteiger charge is -2.17. The molecule has 0 saturated heterocycles. The van der Waals surface area contributed by atoms with Gasteiger partial charge in [-0.1, -0.05) is 48.5 Å². The van der Waals surface area contributed by atoms with Crippen molar-refractivity contribution >= 4 is 17.4 Å². The van der Waals surface area contributed by atoms with Crippen LogP contribution in [0.1, 0.15) is 39.3 Å². The number of hydrogen-bond donors (Lipinski definition) is 4. The van der Waals surface area contributed by atoms with E-state index in [4.69, 9.17) is 9.84 Å². The summed E-state index contributed by atoms with van der Waals surface area (Å²) in [7, 11) is 0. The molecular formula is C24H25NO5S. The van der Waals surface area contributed by atoms with Gasteiger partial charge in [0.05, 0.1) is 12.7 Å². The Morgan fingerprint density at radius 1 is 1.00 bits per heavy atom. The molecule has 4 N–H and O–H groups in total. The molecule has 0 spiro atoms. The first kappa shape index (κ1) is 21.5. The van der Waals surface area contributed by atoms with Crippen molar-refractivity contribution in [3.8, 4) is 11.1 Å². The summed E-state index contributed by atoms with van der Waals surface area (Å²) in [6.07, 6.45) is -2.46. The summed E-state index contributed by atoms with van der Waals surface area (Å²) in [4.78, 5) is 13.5. The van der Waals surface area contributed by atoms with Gasteiger partial charge in [0.1, 0.15) is 12.7 Å². The van der Waals surface area contributed by atoms with E-state index in [-0.39, 0.29) is 32.1 Å². The van der Waals surface area contributed by atoms with Crippen molar-refractivity contribution in [3.05, 3.63) is 81.5 Å². The number of alkyl carbamates (subject to hydrolysis) is 1. The van der Waals surface area contributed by atoms with Gasteiger partial charge in [-0.25, -0.2) is 4.79 Å². The number of amides is 1. The highest BCUT2D eigenvalue weighted by Crippen LogP contribution is 2.44. The van der Waals surface area contributed by atoms with Gasteiger partial charge in [0.25, 0.3) is 0 Å². The third-order valence-corrected chi connectivity index (χ3v) is 6.69. The zero-order valence-corrected chi connectivity index (χ0v) is 17.7. The molecule has 6 nitrogen and oxygen atoms in total. The summed E-state index contributed by atoms with van der Waals surface area (Å²) < 4.78 is 5.46. The SMILES string of the molecule is O=C(NCCC(O)C(O)c1ccc(CO)s1)OCC1c2ccccc2-c2ccccc21. The lowest BCUT2D eigenvalue weighted by atomic mass is 9.98. The molecule has 0 saturated carbocycles. The summed E-state index contributed by atoms with van der Waals surface area (Å²) in [6, 6.07) is 19.7. The minimum absolute atomic E-state index is 0.00916. The Bertz CT molecular complexity index is 1000. The fraction of sp³-hybridized carbons (Fsp3) is 0.292. The number of carbonyl (C=O) groups is 1. The summed E-state index contributed by atoms with van der Waals surface area (Å²) in [5.74, 6) is -0.00916. The lowest BCUT2D eigenvalue weighted by molar-refractivity contribution is 0.0158. The predicted octanol–water partition coefficient (Wildman–Crippen LogP) is 3.56. The first-order valence-corrected chi connectivity index (χ1v) is 11.0. The molecule has 3 aromatic rings. The fourth-order valence-corrected chi connectivity index (χ4v) is 4.87. The molecule has 0 bridgehead atoms. The van der Waals surface area contributed by atoms with Gasteiger partial charge in [-0.05, 0) is 40.8 Å². The number of hydrogen-bond acceptors (Lipinski definition) is 6. The largest absolute Gasteiger partial charge is 0.449 e. The number of benzene rings is 2. The minimum Gasteiger partial charge on any atom is -0.449 e. The zero-order chi connectivity index (χ0) is 21.8. The van der Waals surface area contributed by atoms with Crippen LogP contribution in [0.2, 0.25) is 0 Å². The van der Waals surface area contributed by atoms with E-state index in [2.05, 4.69) is 29.6 Å². The van der Waals surface area contributed by atoms with Crippen LogP contribution in [0, 0.1) is 0 Å². The summed E-state index contributed by atoms with van der Waals surface area (Å²) >= 11 is 1.25. The van der Waals surface area contributed by atoms with Gasteiger partial charge < -0.3 is 25.4 Å². The number of aliphatic hydroxyl groups excluding tert-OH is 3. The molecule has 4 rings (SSSR count). The first-order chi connectivity index (χ1) is 15.1. The zero-order valence-electron chi connectivity index (χ0n) is 16.9. The number of nitrogens with one attached hydrogen (secondary N) is 1. The van der Waals surface area contributed by atoms with E-state index in [1.54, 1.807) is 12.1 Å². The molecular weight excluding hydrogens is 414 g/mol. The molecule has 2 aromatic carbocycles. The highest BCUT2D eigenvalue weighted by Gasteiger charge is 2.29.